The maximum Gasteiger partial charge on any atom is 0.354 e. The van der Waals surface area contributed by atoms with E-state index in [4.69, 9.17) is 19.2 Å². The van der Waals surface area contributed by atoms with Gasteiger partial charge in [0.25, 0.3) is 5.56 Å². The van der Waals surface area contributed by atoms with Crippen LogP contribution in [0.5, 0.6) is 5.75 Å². The highest BCUT2D eigenvalue weighted by Crippen LogP contribution is 2.40. The first kappa shape index (κ1) is 25.2. The van der Waals surface area contributed by atoms with Crippen LogP contribution in [0, 0.1) is 0 Å². The van der Waals surface area contributed by atoms with Crippen LogP contribution in [0.25, 0.3) is 28.4 Å². The van der Waals surface area contributed by atoms with Crippen LogP contribution in [-0.2, 0) is 42.6 Å². The molecule has 2 aliphatic rings. The molecule has 1 aromatic carbocycles. The van der Waals surface area contributed by atoms with Crippen molar-refractivity contribution in [2.24, 2.45) is 0 Å². The van der Waals surface area contributed by atoms with E-state index in [1.807, 2.05) is 6.07 Å². The quantitative estimate of drug-likeness (QED) is 0.297. The molecule has 0 fully saturated rings. The zero-order valence-electron chi connectivity index (χ0n) is 21.2. The van der Waals surface area contributed by atoms with Gasteiger partial charge in [-0.05, 0) is 36.8 Å². The number of nitrogens with one attached hydrogen (secondary N) is 1. The minimum atomic E-state index is -1.92. The molecule has 2 aromatic heterocycles. The summed E-state index contributed by atoms with van der Waals surface area (Å²) in [5.41, 5.74) is 0.850. The molecular weight excluding hydrogens is 494 g/mol. The van der Waals surface area contributed by atoms with Gasteiger partial charge in [-0.15, -0.1) is 0 Å². The molecule has 3 aromatic rings. The number of aliphatic hydroxyl groups is 1. The Morgan fingerprint density at radius 3 is 2.68 bits per heavy atom. The van der Waals surface area contributed by atoms with Crippen molar-refractivity contribution in [3.63, 3.8) is 0 Å². The molecule has 2 N–H and O–H groups in total. The fourth-order valence-electron chi connectivity index (χ4n) is 4.97. The van der Waals surface area contributed by atoms with E-state index in [1.54, 1.807) is 25.1 Å². The molecule has 1 amide bonds. The number of hydrogen-bond acceptors (Lipinski definition) is 9. The smallest absolute Gasteiger partial charge is 0.354 e. The number of benzene rings is 1. The van der Waals surface area contributed by atoms with Crippen LogP contribution in [0.15, 0.2) is 34.8 Å². The van der Waals surface area contributed by atoms with Crippen molar-refractivity contribution in [3.8, 4) is 17.1 Å². The van der Waals surface area contributed by atoms with E-state index < -0.39 is 23.4 Å². The number of aromatic nitrogens is 2. The Morgan fingerprint density at radius 2 is 2.03 bits per heavy atom. The predicted molar refractivity (Wildman–Crippen MR) is 135 cm³/mol. The predicted octanol–water partition coefficient (Wildman–Crippen LogP) is 1.74. The number of fused-ring (bicyclic) bond motifs is 5. The number of nitrogens with zero attached hydrogens (tertiary/aromatic N) is 2. The molecule has 2 aliphatic heterocycles. The monoisotopic (exact) mass is 519 g/mol. The van der Waals surface area contributed by atoms with Gasteiger partial charge in [0, 0.05) is 29.0 Å². The van der Waals surface area contributed by atoms with Gasteiger partial charge in [-0.2, -0.15) is 0 Å². The van der Waals surface area contributed by atoms with Crippen LogP contribution in [0.4, 0.5) is 0 Å². The van der Waals surface area contributed by atoms with Gasteiger partial charge in [-0.3, -0.25) is 9.59 Å². The molecule has 0 saturated carbocycles. The van der Waals surface area contributed by atoms with Gasteiger partial charge in [0.2, 0.25) is 5.91 Å². The molecule has 0 aliphatic carbocycles. The number of carbonyl (C=O) groups excluding carboxylic acids is 3. The summed E-state index contributed by atoms with van der Waals surface area (Å²) >= 11 is 0. The summed E-state index contributed by atoms with van der Waals surface area (Å²) in [5.74, 6) is -1.55. The van der Waals surface area contributed by atoms with Gasteiger partial charge in [-0.25, -0.2) is 14.6 Å². The zero-order valence-corrected chi connectivity index (χ0v) is 21.2. The average molecular weight is 520 g/mol. The number of hydrogen-bond donors (Lipinski definition) is 2. The van der Waals surface area contributed by atoms with Crippen molar-refractivity contribution in [2.45, 2.75) is 39.0 Å². The Bertz CT molecular complexity index is 1640. The number of cyclic esters (lactones) is 1. The Labute approximate surface area is 216 Å². The summed E-state index contributed by atoms with van der Waals surface area (Å²) in [6.07, 6.45) is 1.51. The molecule has 5 rings (SSSR count). The third-order valence-corrected chi connectivity index (χ3v) is 6.92. The minimum Gasteiger partial charge on any atom is -0.496 e. The van der Waals surface area contributed by atoms with Gasteiger partial charge >= 0.3 is 11.9 Å². The van der Waals surface area contributed by atoms with Crippen LogP contribution in [0.1, 0.15) is 42.5 Å². The van der Waals surface area contributed by atoms with E-state index in [0.717, 1.165) is 0 Å². The summed E-state index contributed by atoms with van der Waals surface area (Å²) in [5, 5.41) is 14.1. The second kappa shape index (κ2) is 9.10. The lowest BCUT2D eigenvalue weighted by Crippen LogP contribution is -2.44. The molecule has 0 spiro atoms. The topological polar surface area (TPSA) is 146 Å². The van der Waals surface area contributed by atoms with E-state index in [0.29, 0.717) is 39.2 Å². The summed E-state index contributed by atoms with van der Waals surface area (Å²) in [7, 11) is 2.69. The van der Waals surface area contributed by atoms with Crippen molar-refractivity contribution in [1.82, 2.24) is 14.9 Å². The van der Waals surface area contributed by atoms with Crippen LogP contribution in [0.3, 0.4) is 0 Å². The van der Waals surface area contributed by atoms with E-state index in [2.05, 4.69) is 5.32 Å². The van der Waals surface area contributed by atoms with Gasteiger partial charge in [0.15, 0.2) is 5.60 Å². The maximum atomic E-state index is 13.4. The molecule has 38 heavy (non-hydrogen) atoms. The largest absolute Gasteiger partial charge is 0.496 e. The Hall–Kier alpha value is -4.51. The van der Waals surface area contributed by atoms with Crippen LogP contribution in [-0.4, -0.2) is 46.7 Å². The molecule has 0 unspecified atom stereocenters. The maximum absolute atomic E-state index is 13.4. The van der Waals surface area contributed by atoms with Crippen LogP contribution < -0.4 is 15.6 Å². The number of carbonyl (C=O) groups is 3. The standard InChI is InChI=1S/C27H25N3O8/c1-5-27(35)18-10-21-23-14(11-30(21)24(32)17(18)12-38-26(27)34)8-15-16(22(36-3)7-6-19(15)29-23)9-20(25(33)37-4)28-13(2)31/h6-10,35H,5,11-12H2,1-4H3,(H,28,31)/t27-/m0/s1. The van der Waals surface area contributed by atoms with Crippen molar-refractivity contribution in [1.29, 1.82) is 0 Å². The first-order valence-corrected chi connectivity index (χ1v) is 11.9. The number of pyridine rings is 2. The molecule has 0 bridgehead atoms. The molecular formula is C27H25N3O8. The fourth-order valence-corrected chi connectivity index (χ4v) is 4.97. The average Bonchev–Trinajstić information content (AvgIpc) is 3.26. The van der Waals surface area contributed by atoms with Crippen molar-refractivity contribution < 1.29 is 33.7 Å². The van der Waals surface area contributed by atoms with Crippen LogP contribution >= 0.6 is 0 Å². The summed E-state index contributed by atoms with van der Waals surface area (Å²) < 4.78 is 17.0. The van der Waals surface area contributed by atoms with E-state index in [-0.39, 0.29) is 42.0 Å². The number of ether oxygens (including phenoxy) is 3. The molecule has 196 valence electrons. The van der Waals surface area contributed by atoms with Crippen molar-refractivity contribution in [2.75, 3.05) is 14.2 Å². The summed E-state index contributed by atoms with van der Waals surface area (Å²) in [6.45, 7) is 2.91. The van der Waals surface area contributed by atoms with Gasteiger partial charge in [-0.1, -0.05) is 6.92 Å². The number of methoxy groups -OCH3 is 2. The molecule has 0 saturated heterocycles. The van der Waals surface area contributed by atoms with E-state index in [1.165, 1.54) is 31.8 Å². The number of esters is 2. The summed E-state index contributed by atoms with van der Waals surface area (Å²) in [4.78, 5) is 54.6. The third-order valence-electron chi connectivity index (χ3n) is 6.92. The summed E-state index contributed by atoms with van der Waals surface area (Å²) in [6, 6.07) is 6.90. The fraction of sp³-hybridized carbons (Fsp3) is 0.296. The third kappa shape index (κ3) is 3.74. The molecule has 11 nitrogen and oxygen atoms in total. The number of rotatable bonds is 5. The van der Waals surface area contributed by atoms with E-state index >= 15 is 0 Å². The van der Waals surface area contributed by atoms with Gasteiger partial charge in [0.05, 0.1) is 43.2 Å². The molecule has 4 heterocycles. The molecule has 1 atom stereocenters. The highest BCUT2D eigenvalue weighted by atomic mass is 16.6. The lowest BCUT2D eigenvalue weighted by atomic mass is 9.86. The lowest BCUT2D eigenvalue weighted by molar-refractivity contribution is -0.172. The Kier molecular flexibility index (Phi) is 6.03. The second-order valence-electron chi connectivity index (χ2n) is 9.08. The van der Waals surface area contributed by atoms with Gasteiger partial charge < -0.3 is 29.2 Å². The Morgan fingerprint density at radius 1 is 1.26 bits per heavy atom. The second-order valence-corrected chi connectivity index (χ2v) is 9.08. The highest BCUT2D eigenvalue weighted by molar-refractivity contribution is 6.02. The van der Waals surface area contributed by atoms with Crippen LogP contribution in [0.2, 0.25) is 0 Å². The zero-order chi connectivity index (χ0) is 27.4. The van der Waals surface area contributed by atoms with E-state index in [9.17, 15) is 24.3 Å². The Balaban J connectivity index is 1.73. The minimum absolute atomic E-state index is 0.0477. The first-order chi connectivity index (χ1) is 18.1. The molecule has 11 heteroatoms. The lowest BCUT2D eigenvalue weighted by Gasteiger charge is -2.31. The van der Waals surface area contributed by atoms with Gasteiger partial charge in [0.1, 0.15) is 18.1 Å². The SMILES string of the molecule is CC[C@@]1(O)C(=O)OCc2c1cc1n(c2=O)Cc2cc3c(C=C(NC(C)=O)C(=O)OC)c(OC)ccc3nc2-1. The highest BCUT2D eigenvalue weighted by Gasteiger charge is 2.45. The van der Waals surface area contributed by atoms with Crippen molar-refractivity contribution in [3.05, 3.63) is 62.6 Å². The normalized spacial score (nSPS) is 17.8. The molecule has 0 radical (unpaired) electrons. The van der Waals surface area contributed by atoms with Crippen molar-refractivity contribution >= 4 is 34.8 Å². The number of amides is 1. The first-order valence-electron chi connectivity index (χ1n) is 11.9.